The minimum atomic E-state index is -1.43. The van der Waals surface area contributed by atoms with Crippen LogP contribution in [0.15, 0.2) is 0 Å². The molecule has 0 aliphatic carbocycles. The summed E-state index contributed by atoms with van der Waals surface area (Å²) in [6.45, 7) is 2.06. The number of carbonyl (C=O) groups excluding carboxylic acids is 2. The second-order valence-corrected chi connectivity index (χ2v) is 4.84. The van der Waals surface area contributed by atoms with Gasteiger partial charge in [-0.25, -0.2) is 4.79 Å². The Morgan fingerprint density at radius 1 is 0.842 bits per heavy atom. The number of carboxylic acid groups (broad SMARTS) is 1. The maximum atomic E-state index is 10.7. The quantitative estimate of drug-likeness (QED) is 0.446. The molecule has 0 fully saturated rings. The zero-order valence-corrected chi connectivity index (χ0v) is 11.7. The van der Waals surface area contributed by atoms with E-state index in [1.54, 1.807) is 6.92 Å². The van der Waals surface area contributed by atoms with Crippen molar-refractivity contribution in [1.29, 1.82) is 0 Å². The number of amides is 1. The maximum absolute atomic E-state index is 10.7. The molecule has 110 valence electrons. The summed E-state index contributed by atoms with van der Waals surface area (Å²) in [6.07, 6.45) is 9.26. The lowest BCUT2D eigenvalue weighted by Crippen LogP contribution is -2.31. The van der Waals surface area contributed by atoms with Gasteiger partial charge in [-0.05, 0) is 19.8 Å². The summed E-state index contributed by atoms with van der Waals surface area (Å²) in [5, 5.41) is 10.7. The number of carbonyl (C=O) groups is 3. The predicted octanol–water partition coefficient (Wildman–Crippen LogP) is 2.29. The van der Waals surface area contributed by atoms with Crippen LogP contribution in [0.5, 0.6) is 0 Å². The Labute approximate surface area is 114 Å². The first-order valence-electron chi connectivity index (χ1n) is 7.04. The summed E-state index contributed by atoms with van der Waals surface area (Å²) in [4.78, 5) is 31.6. The third-order valence-electron chi connectivity index (χ3n) is 2.94. The van der Waals surface area contributed by atoms with Gasteiger partial charge in [0.05, 0.1) is 0 Å². The number of carboxylic acids is 1. The van der Waals surface area contributed by atoms with Crippen LogP contribution in [-0.4, -0.2) is 29.3 Å². The molecule has 0 heterocycles. The summed E-state index contributed by atoms with van der Waals surface area (Å²) >= 11 is 0. The van der Waals surface area contributed by atoms with Crippen LogP contribution in [0.25, 0.3) is 0 Å². The highest BCUT2D eigenvalue weighted by Gasteiger charge is 2.08. The maximum Gasteiger partial charge on any atom is 0.394 e. The number of aliphatic carboxylic acids is 1. The number of unbranched alkanes of at least 4 members (excludes halogenated alkanes) is 7. The van der Waals surface area contributed by atoms with Gasteiger partial charge >= 0.3 is 11.9 Å². The number of hydrogen-bond acceptors (Lipinski definition) is 3. The normalized spacial score (nSPS) is 10.2. The molecule has 0 spiro atoms. The lowest BCUT2D eigenvalue weighted by Gasteiger charge is -2.03. The van der Waals surface area contributed by atoms with Gasteiger partial charge in [0.1, 0.15) is 5.78 Å². The summed E-state index contributed by atoms with van der Waals surface area (Å²) < 4.78 is 0. The Morgan fingerprint density at radius 3 is 1.79 bits per heavy atom. The van der Waals surface area contributed by atoms with Crippen LogP contribution in [0, 0.1) is 0 Å². The number of rotatable bonds is 11. The number of nitrogens with one attached hydrogen (secondary N) is 1. The molecule has 0 atom stereocenters. The van der Waals surface area contributed by atoms with E-state index < -0.39 is 11.9 Å². The standard InChI is InChI=1S/C14H25NO4/c1-12(16)10-8-6-4-2-3-5-7-9-11-15-13(17)14(18)19/h2-11H2,1H3,(H,15,17)(H,18,19). The summed E-state index contributed by atoms with van der Waals surface area (Å²) in [5.74, 6) is -2.08. The minimum absolute atomic E-state index is 0.267. The molecule has 0 aliphatic heterocycles. The Bertz CT molecular complexity index is 289. The Morgan fingerprint density at radius 2 is 1.32 bits per heavy atom. The first-order chi connectivity index (χ1) is 9.04. The van der Waals surface area contributed by atoms with E-state index >= 15 is 0 Å². The minimum Gasteiger partial charge on any atom is -0.474 e. The molecule has 5 heteroatoms. The topological polar surface area (TPSA) is 83.5 Å². The van der Waals surface area contributed by atoms with E-state index in [2.05, 4.69) is 5.32 Å². The third-order valence-corrected chi connectivity index (χ3v) is 2.94. The fourth-order valence-electron chi connectivity index (χ4n) is 1.84. The smallest absolute Gasteiger partial charge is 0.394 e. The van der Waals surface area contributed by atoms with Gasteiger partial charge in [0.25, 0.3) is 0 Å². The van der Waals surface area contributed by atoms with Crippen molar-refractivity contribution in [2.75, 3.05) is 6.54 Å². The third kappa shape index (κ3) is 12.9. The first kappa shape index (κ1) is 17.6. The molecule has 0 aromatic heterocycles. The highest BCUT2D eigenvalue weighted by molar-refractivity contribution is 6.31. The van der Waals surface area contributed by atoms with Crippen LogP contribution in [0.2, 0.25) is 0 Å². The van der Waals surface area contributed by atoms with Crippen LogP contribution in [0.3, 0.4) is 0 Å². The fourth-order valence-corrected chi connectivity index (χ4v) is 1.84. The van der Waals surface area contributed by atoms with Gasteiger partial charge in [-0.1, -0.05) is 38.5 Å². The molecule has 0 aliphatic rings. The Kier molecular flexibility index (Phi) is 10.8. The molecule has 0 radical (unpaired) electrons. The highest BCUT2D eigenvalue weighted by Crippen LogP contribution is 2.09. The summed E-state index contributed by atoms with van der Waals surface area (Å²) in [5.41, 5.74) is 0. The molecule has 19 heavy (non-hydrogen) atoms. The molecule has 5 nitrogen and oxygen atoms in total. The van der Waals surface area contributed by atoms with E-state index in [1.165, 1.54) is 12.8 Å². The molecule has 2 N–H and O–H groups in total. The van der Waals surface area contributed by atoms with Crippen molar-refractivity contribution in [3.8, 4) is 0 Å². The van der Waals surface area contributed by atoms with E-state index in [-0.39, 0.29) is 5.78 Å². The van der Waals surface area contributed by atoms with Gasteiger partial charge < -0.3 is 15.2 Å². The summed E-state index contributed by atoms with van der Waals surface area (Å²) in [6, 6.07) is 0. The van der Waals surface area contributed by atoms with E-state index in [0.717, 1.165) is 38.5 Å². The van der Waals surface area contributed by atoms with E-state index in [0.29, 0.717) is 13.0 Å². The summed E-state index contributed by atoms with van der Waals surface area (Å²) in [7, 11) is 0. The van der Waals surface area contributed by atoms with Crippen molar-refractivity contribution in [2.24, 2.45) is 0 Å². The molecule has 1 amide bonds. The van der Waals surface area contributed by atoms with Crippen LogP contribution in [-0.2, 0) is 14.4 Å². The molecule has 0 bridgehead atoms. The molecular formula is C14H25NO4. The Balaban J connectivity index is 3.13. The zero-order valence-electron chi connectivity index (χ0n) is 11.7. The van der Waals surface area contributed by atoms with Crippen molar-refractivity contribution in [3.63, 3.8) is 0 Å². The molecule has 0 saturated heterocycles. The molecular weight excluding hydrogens is 246 g/mol. The lowest BCUT2D eigenvalue weighted by molar-refractivity contribution is -0.150. The van der Waals surface area contributed by atoms with Gasteiger partial charge in [-0.2, -0.15) is 0 Å². The van der Waals surface area contributed by atoms with E-state index in [1.807, 2.05) is 0 Å². The van der Waals surface area contributed by atoms with Crippen molar-refractivity contribution >= 4 is 17.7 Å². The molecule has 0 aromatic rings. The number of Topliss-reactive ketones (excluding diaryl/α,β-unsaturated/α-hetero) is 1. The number of ketones is 1. The highest BCUT2D eigenvalue weighted by atomic mass is 16.4. The molecule has 0 rings (SSSR count). The second-order valence-electron chi connectivity index (χ2n) is 4.84. The zero-order chi connectivity index (χ0) is 14.5. The Hall–Kier alpha value is -1.39. The monoisotopic (exact) mass is 271 g/mol. The van der Waals surface area contributed by atoms with Crippen LogP contribution >= 0.6 is 0 Å². The van der Waals surface area contributed by atoms with E-state index in [9.17, 15) is 14.4 Å². The van der Waals surface area contributed by atoms with Gasteiger partial charge in [0, 0.05) is 13.0 Å². The van der Waals surface area contributed by atoms with Crippen molar-refractivity contribution in [1.82, 2.24) is 5.32 Å². The lowest BCUT2D eigenvalue weighted by atomic mass is 10.1. The first-order valence-corrected chi connectivity index (χ1v) is 7.04. The van der Waals surface area contributed by atoms with Crippen molar-refractivity contribution in [2.45, 2.75) is 64.7 Å². The number of hydrogen-bond donors (Lipinski definition) is 2. The SMILES string of the molecule is CC(=O)CCCCCCCCCCNC(=O)C(=O)O. The van der Waals surface area contributed by atoms with Crippen LogP contribution < -0.4 is 5.32 Å². The molecule has 0 unspecified atom stereocenters. The van der Waals surface area contributed by atoms with Gasteiger partial charge in [0.2, 0.25) is 0 Å². The second kappa shape index (κ2) is 11.7. The average Bonchev–Trinajstić information content (AvgIpc) is 2.35. The fraction of sp³-hybridized carbons (Fsp3) is 0.786. The van der Waals surface area contributed by atoms with Gasteiger partial charge in [0.15, 0.2) is 0 Å². The molecule has 0 saturated carbocycles. The van der Waals surface area contributed by atoms with Gasteiger partial charge in [-0.3, -0.25) is 4.79 Å². The van der Waals surface area contributed by atoms with Crippen molar-refractivity contribution < 1.29 is 19.5 Å². The van der Waals surface area contributed by atoms with Crippen LogP contribution in [0.1, 0.15) is 64.7 Å². The van der Waals surface area contributed by atoms with Gasteiger partial charge in [-0.15, -0.1) is 0 Å². The predicted molar refractivity (Wildman–Crippen MR) is 72.9 cm³/mol. The van der Waals surface area contributed by atoms with E-state index in [4.69, 9.17) is 5.11 Å². The largest absolute Gasteiger partial charge is 0.474 e. The molecule has 0 aromatic carbocycles. The average molecular weight is 271 g/mol. The van der Waals surface area contributed by atoms with Crippen molar-refractivity contribution in [3.05, 3.63) is 0 Å². The van der Waals surface area contributed by atoms with Crippen LogP contribution in [0.4, 0.5) is 0 Å².